The van der Waals surface area contributed by atoms with Gasteiger partial charge in [-0.25, -0.2) is 0 Å². The smallest absolute Gasteiger partial charge is 0.0595 e. The normalized spacial score (nSPS) is 12.9. The molecule has 0 amide bonds. The molecule has 2 N–H and O–H groups in total. The zero-order valence-corrected chi connectivity index (χ0v) is 9.78. The Morgan fingerprint density at radius 1 is 1.29 bits per heavy atom. The fraction of sp³-hybridized carbons (Fsp3) is 0.455. The molecule has 0 spiro atoms. The highest BCUT2D eigenvalue weighted by molar-refractivity contribution is 6.42. The van der Waals surface area contributed by atoms with Crippen molar-refractivity contribution < 1.29 is 0 Å². The molecule has 0 radical (unpaired) electrons. The van der Waals surface area contributed by atoms with E-state index in [0.717, 1.165) is 12.8 Å². The van der Waals surface area contributed by atoms with Gasteiger partial charge in [0, 0.05) is 0 Å². The summed E-state index contributed by atoms with van der Waals surface area (Å²) in [6.45, 7) is 2.81. The Morgan fingerprint density at radius 2 is 2.00 bits per heavy atom. The summed E-state index contributed by atoms with van der Waals surface area (Å²) in [5.41, 5.74) is 6.89. The predicted molar refractivity (Wildman–Crippen MR) is 63.2 cm³/mol. The van der Waals surface area contributed by atoms with Crippen LogP contribution in [0.1, 0.15) is 31.2 Å². The van der Waals surface area contributed by atoms with Crippen LogP contribution in [0.5, 0.6) is 0 Å². The first kappa shape index (κ1) is 11.8. The molecular formula is C11H15Cl2N. The van der Waals surface area contributed by atoms with Crippen LogP contribution in [0.25, 0.3) is 0 Å². The van der Waals surface area contributed by atoms with Gasteiger partial charge in [0.2, 0.25) is 0 Å². The maximum atomic E-state index is 5.94. The first-order valence-corrected chi connectivity index (χ1v) is 5.59. The molecule has 0 saturated carbocycles. The summed E-state index contributed by atoms with van der Waals surface area (Å²) in [5.74, 6) is 0.398. The van der Waals surface area contributed by atoms with E-state index in [0.29, 0.717) is 22.5 Å². The molecule has 1 unspecified atom stereocenters. The maximum Gasteiger partial charge on any atom is 0.0595 e. The monoisotopic (exact) mass is 231 g/mol. The lowest BCUT2D eigenvalue weighted by Crippen LogP contribution is -2.12. The van der Waals surface area contributed by atoms with Gasteiger partial charge >= 0.3 is 0 Å². The van der Waals surface area contributed by atoms with Crippen molar-refractivity contribution in [2.45, 2.75) is 25.7 Å². The molecule has 1 atom stereocenters. The first-order valence-electron chi connectivity index (χ1n) is 4.84. The van der Waals surface area contributed by atoms with Crippen LogP contribution < -0.4 is 5.73 Å². The van der Waals surface area contributed by atoms with Crippen LogP contribution in [-0.4, -0.2) is 6.54 Å². The highest BCUT2D eigenvalue weighted by Crippen LogP contribution is 2.28. The third-order valence-electron chi connectivity index (χ3n) is 2.34. The minimum atomic E-state index is 0.398. The molecule has 0 bridgehead atoms. The van der Waals surface area contributed by atoms with Crippen molar-refractivity contribution in [2.24, 2.45) is 5.73 Å². The van der Waals surface area contributed by atoms with Gasteiger partial charge in [-0.15, -0.1) is 0 Å². The van der Waals surface area contributed by atoms with Crippen molar-refractivity contribution in [2.75, 3.05) is 6.54 Å². The minimum absolute atomic E-state index is 0.398. The van der Waals surface area contributed by atoms with E-state index < -0.39 is 0 Å². The lowest BCUT2D eigenvalue weighted by atomic mass is 9.95. The second kappa shape index (κ2) is 5.59. The third kappa shape index (κ3) is 2.88. The van der Waals surface area contributed by atoms with Gasteiger partial charge in [-0.1, -0.05) is 42.6 Å². The van der Waals surface area contributed by atoms with Gasteiger partial charge in [-0.3, -0.25) is 0 Å². The van der Waals surface area contributed by atoms with E-state index in [2.05, 4.69) is 6.92 Å². The highest BCUT2D eigenvalue weighted by Gasteiger charge is 2.09. The van der Waals surface area contributed by atoms with Gasteiger partial charge in [-0.2, -0.15) is 0 Å². The fourth-order valence-corrected chi connectivity index (χ4v) is 1.84. The topological polar surface area (TPSA) is 26.0 Å². The van der Waals surface area contributed by atoms with Crippen LogP contribution in [-0.2, 0) is 0 Å². The van der Waals surface area contributed by atoms with Crippen molar-refractivity contribution in [3.63, 3.8) is 0 Å². The van der Waals surface area contributed by atoms with Gasteiger partial charge in [-0.05, 0) is 36.6 Å². The predicted octanol–water partition coefficient (Wildman–Crippen LogP) is 3.84. The molecule has 1 aromatic carbocycles. The van der Waals surface area contributed by atoms with E-state index in [1.54, 1.807) is 0 Å². The zero-order chi connectivity index (χ0) is 10.6. The third-order valence-corrected chi connectivity index (χ3v) is 3.08. The van der Waals surface area contributed by atoms with Crippen molar-refractivity contribution in [1.82, 2.24) is 0 Å². The van der Waals surface area contributed by atoms with E-state index in [1.165, 1.54) is 5.56 Å². The second-order valence-electron chi connectivity index (χ2n) is 3.39. The summed E-state index contributed by atoms with van der Waals surface area (Å²) in [6, 6.07) is 5.75. The summed E-state index contributed by atoms with van der Waals surface area (Å²) >= 11 is 11.8. The second-order valence-corrected chi connectivity index (χ2v) is 4.21. The lowest BCUT2D eigenvalue weighted by molar-refractivity contribution is 0.622. The van der Waals surface area contributed by atoms with Gasteiger partial charge in [0.05, 0.1) is 10.0 Å². The number of halogens is 2. The Labute approximate surface area is 95.2 Å². The lowest BCUT2D eigenvalue weighted by Gasteiger charge is -2.14. The molecule has 0 aliphatic carbocycles. The molecule has 1 aromatic rings. The van der Waals surface area contributed by atoms with E-state index >= 15 is 0 Å². The van der Waals surface area contributed by atoms with Crippen LogP contribution in [0.2, 0.25) is 10.0 Å². The molecule has 0 aliphatic rings. The van der Waals surface area contributed by atoms with E-state index in [-0.39, 0.29) is 0 Å². The van der Waals surface area contributed by atoms with Gasteiger partial charge in [0.25, 0.3) is 0 Å². The summed E-state index contributed by atoms with van der Waals surface area (Å²) < 4.78 is 0. The van der Waals surface area contributed by atoms with Crippen molar-refractivity contribution in [3.8, 4) is 0 Å². The van der Waals surface area contributed by atoms with Crippen LogP contribution in [0, 0.1) is 0 Å². The van der Waals surface area contributed by atoms with Crippen LogP contribution in [0.3, 0.4) is 0 Å². The molecule has 0 heterocycles. The Bertz CT molecular complexity index is 299. The summed E-state index contributed by atoms with van der Waals surface area (Å²) in [6.07, 6.45) is 2.22. The van der Waals surface area contributed by atoms with Gasteiger partial charge in [0.15, 0.2) is 0 Å². The standard InChI is InChI=1S/C11H15Cl2N/c1-2-3-9(7-14)8-4-5-10(12)11(13)6-8/h4-6,9H,2-3,7,14H2,1H3. The van der Waals surface area contributed by atoms with Crippen molar-refractivity contribution in [1.29, 1.82) is 0 Å². The first-order chi connectivity index (χ1) is 6.69. The number of hydrogen-bond donors (Lipinski definition) is 1. The SMILES string of the molecule is CCCC(CN)c1ccc(Cl)c(Cl)c1. The Balaban J connectivity index is 2.88. The van der Waals surface area contributed by atoms with Crippen LogP contribution in [0.4, 0.5) is 0 Å². The molecule has 14 heavy (non-hydrogen) atoms. The molecule has 0 saturated heterocycles. The molecule has 0 aliphatic heterocycles. The van der Waals surface area contributed by atoms with Gasteiger partial charge in [0.1, 0.15) is 0 Å². The minimum Gasteiger partial charge on any atom is -0.330 e. The van der Waals surface area contributed by atoms with Crippen LogP contribution >= 0.6 is 23.2 Å². The Morgan fingerprint density at radius 3 is 2.50 bits per heavy atom. The Hall–Kier alpha value is -0.240. The van der Waals surface area contributed by atoms with E-state index in [4.69, 9.17) is 28.9 Å². The average molecular weight is 232 g/mol. The van der Waals surface area contributed by atoms with Crippen molar-refractivity contribution in [3.05, 3.63) is 33.8 Å². The van der Waals surface area contributed by atoms with E-state index in [9.17, 15) is 0 Å². The molecule has 3 heteroatoms. The van der Waals surface area contributed by atoms with E-state index in [1.807, 2.05) is 18.2 Å². The molecule has 78 valence electrons. The van der Waals surface area contributed by atoms with Crippen molar-refractivity contribution >= 4 is 23.2 Å². The quantitative estimate of drug-likeness (QED) is 0.838. The Kier molecular flexibility index (Phi) is 4.73. The molecule has 1 rings (SSSR count). The number of hydrogen-bond acceptors (Lipinski definition) is 1. The largest absolute Gasteiger partial charge is 0.330 e. The number of benzene rings is 1. The van der Waals surface area contributed by atoms with Gasteiger partial charge < -0.3 is 5.73 Å². The highest BCUT2D eigenvalue weighted by atomic mass is 35.5. The summed E-state index contributed by atoms with van der Waals surface area (Å²) in [7, 11) is 0. The average Bonchev–Trinajstić information content (AvgIpc) is 2.19. The molecule has 0 fully saturated rings. The maximum absolute atomic E-state index is 5.94. The summed E-state index contributed by atoms with van der Waals surface area (Å²) in [4.78, 5) is 0. The number of nitrogens with two attached hydrogens (primary N) is 1. The summed E-state index contributed by atoms with van der Waals surface area (Å²) in [5, 5.41) is 1.21. The molecule has 0 aromatic heterocycles. The zero-order valence-electron chi connectivity index (χ0n) is 8.26. The molecular weight excluding hydrogens is 217 g/mol. The number of rotatable bonds is 4. The van der Waals surface area contributed by atoms with Crippen LogP contribution in [0.15, 0.2) is 18.2 Å². The molecule has 1 nitrogen and oxygen atoms in total. The fourth-order valence-electron chi connectivity index (χ4n) is 1.54.